The van der Waals surface area contributed by atoms with Crippen LogP contribution in [0.5, 0.6) is 0 Å². The first-order chi connectivity index (χ1) is 9.63. The summed E-state index contributed by atoms with van der Waals surface area (Å²) in [6, 6.07) is 7.47. The number of carbonyl (C=O) groups excluding carboxylic acids is 2. The number of hydrogen-bond donors (Lipinski definition) is 2. The lowest BCUT2D eigenvalue weighted by Crippen LogP contribution is -2.54. The summed E-state index contributed by atoms with van der Waals surface area (Å²) in [6.07, 6.45) is 0.383. The van der Waals surface area contributed by atoms with Crippen LogP contribution in [-0.4, -0.2) is 54.0 Å². The van der Waals surface area contributed by atoms with Crippen LogP contribution in [0.2, 0.25) is 0 Å². The van der Waals surface area contributed by atoms with Crippen molar-refractivity contribution < 1.29 is 9.59 Å². The fraction of sp³-hybridized carbons (Fsp3) is 0.429. The lowest BCUT2D eigenvalue weighted by atomic mass is 10.1. The Morgan fingerprint density at radius 3 is 2.80 bits per heavy atom. The van der Waals surface area contributed by atoms with Gasteiger partial charge in [-0.25, -0.2) is 4.79 Å². The minimum Gasteiger partial charge on any atom is -0.399 e. The van der Waals surface area contributed by atoms with Crippen LogP contribution in [0.25, 0.3) is 0 Å². The van der Waals surface area contributed by atoms with Crippen LogP contribution in [0, 0.1) is 0 Å². The summed E-state index contributed by atoms with van der Waals surface area (Å²) in [4.78, 5) is 27.5. The predicted octanol–water partition coefficient (Wildman–Crippen LogP) is 0.0473. The van der Waals surface area contributed by atoms with Gasteiger partial charge in [0.25, 0.3) is 0 Å². The van der Waals surface area contributed by atoms with Crippen molar-refractivity contribution in [2.45, 2.75) is 12.5 Å². The predicted molar refractivity (Wildman–Crippen MR) is 75.0 cm³/mol. The van der Waals surface area contributed by atoms with E-state index in [1.54, 1.807) is 12.1 Å². The van der Waals surface area contributed by atoms with Crippen LogP contribution < -0.4 is 11.1 Å². The van der Waals surface area contributed by atoms with E-state index in [9.17, 15) is 9.59 Å². The molecular weight excluding hydrogens is 256 g/mol. The number of piperazine rings is 1. The number of nitrogens with zero attached hydrogens (tertiary/aromatic N) is 2. The average Bonchev–Trinajstić information content (AvgIpc) is 2.82. The highest BCUT2D eigenvalue weighted by atomic mass is 16.2. The van der Waals surface area contributed by atoms with E-state index in [0.29, 0.717) is 38.3 Å². The van der Waals surface area contributed by atoms with Gasteiger partial charge in [-0.05, 0) is 17.7 Å². The number of nitrogens with one attached hydrogen (secondary N) is 1. The standard InChI is InChI=1S/C14H18N4O2/c15-11-3-1-10(2-4-11)7-13(19)17-5-6-18-12(9-17)8-16-14(18)20/h1-4,12H,5-9,15H2,(H,16,20). The summed E-state index contributed by atoms with van der Waals surface area (Å²) in [5, 5.41) is 2.81. The van der Waals surface area contributed by atoms with Crippen LogP contribution in [0.1, 0.15) is 5.56 Å². The molecular formula is C14H18N4O2. The van der Waals surface area contributed by atoms with Crippen LogP contribution in [0.15, 0.2) is 24.3 Å². The van der Waals surface area contributed by atoms with Crippen LogP contribution in [0.3, 0.4) is 0 Å². The van der Waals surface area contributed by atoms with Crippen molar-refractivity contribution in [1.29, 1.82) is 0 Å². The van der Waals surface area contributed by atoms with Crippen LogP contribution in [0.4, 0.5) is 10.5 Å². The van der Waals surface area contributed by atoms with Gasteiger partial charge in [-0.2, -0.15) is 0 Å². The first-order valence-electron chi connectivity index (χ1n) is 6.80. The van der Waals surface area contributed by atoms with E-state index in [2.05, 4.69) is 5.32 Å². The van der Waals surface area contributed by atoms with Crippen molar-refractivity contribution >= 4 is 17.6 Å². The third kappa shape index (κ3) is 2.41. The molecule has 6 heteroatoms. The van der Waals surface area contributed by atoms with Gasteiger partial charge >= 0.3 is 6.03 Å². The van der Waals surface area contributed by atoms with Gasteiger partial charge in [-0.1, -0.05) is 12.1 Å². The second-order valence-corrected chi connectivity index (χ2v) is 5.29. The maximum absolute atomic E-state index is 12.3. The lowest BCUT2D eigenvalue weighted by molar-refractivity contribution is -0.132. The maximum atomic E-state index is 12.3. The Balaban J connectivity index is 1.61. The Labute approximate surface area is 117 Å². The third-order valence-corrected chi connectivity index (χ3v) is 3.92. The molecule has 0 spiro atoms. The number of anilines is 1. The first-order valence-corrected chi connectivity index (χ1v) is 6.80. The van der Waals surface area contributed by atoms with Crippen LogP contribution >= 0.6 is 0 Å². The lowest BCUT2D eigenvalue weighted by Gasteiger charge is -2.36. The molecule has 3 N–H and O–H groups in total. The van der Waals surface area contributed by atoms with E-state index in [1.807, 2.05) is 21.9 Å². The number of benzene rings is 1. The Bertz CT molecular complexity index is 528. The average molecular weight is 274 g/mol. The number of amides is 3. The summed E-state index contributed by atoms with van der Waals surface area (Å²) >= 11 is 0. The Hall–Kier alpha value is -2.24. The molecule has 1 unspecified atom stereocenters. The van der Waals surface area contributed by atoms with Gasteiger partial charge in [0.2, 0.25) is 5.91 Å². The molecule has 1 aromatic rings. The number of hydrogen-bond acceptors (Lipinski definition) is 3. The maximum Gasteiger partial charge on any atom is 0.317 e. The summed E-state index contributed by atoms with van der Waals surface area (Å²) < 4.78 is 0. The molecule has 3 amide bonds. The van der Waals surface area contributed by atoms with E-state index in [0.717, 1.165) is 5.56 Å². The van der Waals surface area contributed by atoms with Crippen LogP contribution in [-0.2, 0) is 11.2 Å². The number of rotatable bonds is 2. The normalized spacial score (nSPS) is 21.6. The highest BCUT2D eigenvalue weighted by Gasteiger charge is 2.36. The molecule has 0 saturated carbocycles. The quantitative estimate of drug-likeness (QED) is 0.748. The van der Waals surface area contributed by atoms with E-state index >= 15 is 0 Å². The van der Waals surface area contributed by atoms with Crippen molar-refractivity contribution in [2.75, 3.05) is 31.9 Å². The smallest absolute Gasteiger partial charge is 0.317 e. The fourth-order valence-electron chi connectivity index (χ4n) is 2.75. The molecule has 2 aliphatic rings. The molecule has 2 saturated heterocycles. The molecule has 2 fully saturated rings. The Kier molecular flexibility index (Phi) is 3.22. The molecule has 2 aliphatic heterocycles. The monoisotopic (exact) mass is 274 g/mol. The third-order valence-electron chi connectivity index (χ3n) is 3.92. The zero-order chi connectivity index (χ0) is 14.1. The second-order valence-electron chi connectivity index (χ2n) is 5.29. The summed E-state index contributed by atoms with van der Waals surface area (Å²) in [5.41, 5.74) is 7.30. The van der Waals surface area contributed by atoms with Gasteiger partial charge in [0, 0.05) is 31.9 Å². The molecule has 0 bridgehead atoms. The van der Waals surface area contributed by atoms with E-state index in [-0.39, 0.29) is 18.0 Å². The van der Waals surface area contributed by atoms with Crippen molar-refractivity contribution in [1.82, 2.24) is 15.1 Å². The Morgan fingerprint density at radius 1 is 1.30 bits per heavy atom. The summed E-state index contributed by atoms with van der Waals surface area (Å²) in [7, 11) is 0. The van der Waals surface area contributed by atoms with Gasteiger partial charge in [-0.3, -0.25) is 4.79 Å². The highest BCUT2D eigenvalue weighted by Crippen LogP contribution is 2.15. The van der Waals surface area contributed by atoms with E-state index < -0.39 is 0 Å². The highest BCUT2D eigenvalue weighted by molar-refractivity contribution is 5.81. The van der Waals surface area contributed by atoms with Gasteiger partial charge in [-0.15, -0.1) is 0 Å². The van der Waals surface area contributed by atoms with E-state index in [1.165, 1.54) is 0 Å². The van der Waals surface area contributed by atoms with Gasteiger partial charge in [0.15, 0.2) is 0 Å². The molecule has 0 aromatic heterocycles. The largest absolute Gasteiger partial charge is 0.399 e. The zero-order valence-electron chi connectivity index (χ0n) is 11.2. The number of urea groups is 1. The minimum absolute atomic E-state index is 0.0133. The molecule has 2 heterocycles. The minimum atomic E-state index is -0.0133. The molecule has 1 atom stereocenters. The molecule has 3 rings (SSSR count). The molecule has 0 aliphatic carbocycles. The second kappa shape index (κ2) is 5.03. The van der Waals surface area contributed by atoms with Gasteiger partial charge in [0.05, 0.1) is 12.5 Å². The van der Waals surface area contributed by atoms with E-state index in [4.69, 9.17) is 5.73 Å². The number of carbonyl (C=O) groups is 2. The van der Waals surface area contributed by atoms with Crippen molar-refractivity contribution in [3.05, 3.63) is 29.8 Å². The fourth-order valence-corrected chi connectivity index (χ4v) is 2.75. The molecule has 0 radical (unpaired) electrons. The number of nitrogens with two attached hydrogens (primary N) is 1. The Morgan fingerprint density at radius 2 is 2.05 bits per heavy atom. The van der Waals surface area contributed by atoms with Crippen molar-refractivity contribution in [3.8, 4) is 0 Å². The summed E-state index contributed by atoms with van der Waals surface area (Å²) in [5.74, 6) is 0.105. The molecule has 106 valence electrons. The summed E-state index contributed by atoms with van der Waals surface area (Å²) in [6.45, 7) is 2.47. The first kappa shape index (κ1) is 12.8. The van der Waals surface area contributed by atoms with Gasteiger partial charge < -0.3 is 20.9 Å². The number of fused-ring (bicyclic) bond motifs is 1. The molecule has 6 nitrogen and oxygen atoms in total. The topological polar surface area (TPSA) is 78.7 Å². The molecule has 20 heavy (non-hydrogen) atoms. The molecule has 1 aromatic carbocycles. The SMILES string of the molecule is Nc1ccc(CC(=O)N2CCN3C(=O)NCC3C2)cc1. The zero-order valence-corrected chi connectivity index (χ0v) is 11.2. The van der Waals surface area contributed by atoms with Crippen molar-refractivity contribution in [2.24, 2.45) is 0 Å². The van der Waals surface area contributed by atoms with Gasteiger partial charge in [0.1, 0.15) is 0 Å². The van der Waals surface area contributed by atoms with Crippen molar-refractivity contribution in [3.63, 3.8) is 0 Å². The number of nitrogen functional groups attached to an aromatic ring is 1.